The zero-order chi connectivity index (χ0) is 22.9. The molecule has 0 aliphatic heterocycles. The SMILES string of the molecule is CC(C)SC(NC(=O)OCc1ccccc1)C(=O)NCCc1ccc(S(N)(=O)=O)cc1. The van der Waals surface area contributed by atoms with E-state index in [2.05, 4.69) is 10.6 Å². The average Bonchev–Trinajstić information content (AvgIpc) is 2.72. The number of nitrogens with two attached hydrogens (primary N) is 1. The molecule has 168 valence electrons. The Morgan fingerprint density at radius 1 is 1.03 bits per heavy atom. The lowest BCUT2D eigenvalue weighted by atomic mass is 10.1. The van der Waals surface area contributed by atoms with Gasteiger partial charge in [0.25, 0.3) is 5.91 Å². The summed E-state index contributed by atoms with van der Waals surface area (Å²) < 4.78 is 27.8. The van der Waals surface area contributed by atoms with Crippen LogP contribution in [0.3, 0.4) is 0 Å². The summed E-state index contributed by atoms with van der Waals surface area (Å²) in [7, 11) is -3.74. The maximum Gasteiger partial charge on any atom is 0.408 e. The first-order chi connectivity index (χ1) is 14.6. The van der Waals surface area contributed by atoms with Crippen LogP contribution >= 0.6 is 11.8 Å². The number of nitrogens with one attached hydrogen (secondary N) is 2. The van der Waals surface area contributed by atoms with Gasteiger partial charge in [0.05, 0.1) is 4.90 Å². The third kappa shape index (κ3) is 8.99. The fourth-order valence-corrected chi connectivity index (χ4v) is 4.00. The van der Waals surface area contributed by atoms with Crippen molar-refractivity contribution < 1.29 is 22.7 Å². The van der Waals surface area contributed by atoms with Gasteiger partial charge in [-0.05, 0) is 29.7 Å². The quantitative estimate of drug-likeness (QED) is 0.462. The number of carbonyl (C=O) groups is 2. The van der Waals surface area contributed by atoms with Crippen LogP contribution in [-0.2, 0) is 32.6 Å². The van der Waals surface area contributed by atoms with Crippen LogP contribution in [0.25, 0.3) is 0 Å². The van der Waals surface area contributed by atoms with Crippen LogP contribution in [0.2, 0.25) is 0 Å². The van der Waals surface area contributed by atoms with Crippen molar-refractivity contribution in [2.45, 2.75) is 42.4 Å². The molecule has 1 atom stereocenters. The van der Waals surface area contributed by atoms with Crippen molar-refractivity contribution in [2.75, 3.05) is 6.54 Å². The first kappa shape index (κ1) is 24.7. The lowest BCUT2D eigenvalue weighted by Crippen LogP contribution is -2.46. The summed E-state index contributed by atoms with van der Waals surface area (Å²) in [6, 6.07) is 15.4. The highest BCUT2D eigenvalue weighted by atomic mass is 32.2. The number of carbonyl (C=O) groups excluding carboxylic acids is 2. The van der Waals surface area contributed by atoms with Gasteiger partial charge in [-0.25, -0.2) is 18.4 Å². The van der Waals surface area contributed by atoms with Crippen LogP contribution in [0.15, 0.2) is 59.5 Å². The van der Waals surface area contributed by atoms with Gasteiger partial charge in [-0.3, -0.25) is 4.79 Å². The molecule has 2 aromatic carbocycles. The zero-order valence-electron chi connectivity index (χ0n) is 17.4. The molecule has 0 saturated carbocycles. The van der Waals surface area contributed by atoms with Gasteiger partial charge in [0, 0.05) is 11.8 Å². The number of primary sulfonamides is 1. The molecule has 1 unspecified atom stereocenters. The van der Waals surface area contributed by atoms with Gasteiger partial charge in [-0.15, -0.1) is 11.8 Å². The van der Waals surface area contributed by atoms with E-state index in [9.17, 15) is 18.0 Å². The lowest BCUT2D eigenvalue weighted by molar-refractivity contribution is -0.121. The van der Waals surface area contributed by atoms with E-state index in [1.54, 1.807) is 12.1 Å². The molecule has 0 heterocycles. The summed E-state index contributed by atoms with van der Waals surface area (Å²) in [5.74, 6) is -0.337. The maximum atomic E-state index is 12.6. The number of benzene rings is 2. The molecule has 31 heavy (non-hydrogen) atoms. The first-order valence-electron chi connectivity index (χ1n) is 9.67. The average molecular weight is 466 g/mol. The fraction of sp³-hybridized carbons (Fsp3) is 0.333. The van der Waals surface area contributed by atoms with Crippen molar-refractivity contribution in [1.82, 2.24) is 10.6 Å². The van der Waals surface area contributed by atoms with Crippen molar-refractivity contribution in [3.8, 4) is 0 Å². The van der Waals surface area contributed by atoms with E-state index in [0.717, 1.165) is 11.1 Å². The molecule has 0 spiro atoms. The molecule has 0 aliphatic rings. The number of sulfonamides is 1. The van der Waals surface area contributed by atoms with Gasteiger partial charge in [-0.2, -0.15) is 0 Å². The summed E-state index contributed by atoms with van der Waals surface area (Å²) in [5, 5.41) is 9.78. The Hall–Kier alpha value is -2.56. The third-order valence-corrected chi connectivity index (χ3v) is 6.15. The van der Waals surface area contributed by atoms with Crippen molar-refractivity contribution in [2.24, 2.45) is 5.14 Å². The second-order valence-electron chi connectivity index (χ2n) is 7.00. The molecule has 8 nitrogen and oxygen atoms in total. The third-order valence-electron chi connectivity index (χ3n) is 4.07. The highest BCUT2D eigenvalue weighted by Crippen LogP contribution is 2.16. The lowest BCUT2D eigenvalue weighted by Gasteiger charge is -2.19. The summed E-state index contributed by atoms with van der Waals surface area (Å²) in [6.07, 6.45) is -0.176. The second-order valence-corrected chi connectivity index (χ2v) is 10.2. The van der Waals surface area contributed by atoms with E-state index in [1.165, 1.54) is 23.9 Å². The van der Waals surface area contributed by atoms with Crippen LogP contribution in [0.4, 0.5) is 4.79 Å². The molecule has 0 radical (unpaired) electrons. The number of rotatable bonds is 10. The van der Waals surface area contributed by atoms with E-state index in [1.807, 2.05) is 44.2 Å². The number of thioether (sulfide) groups is 1. The van der Waals surface area contributed by atoms with E-state index in [-0.39, 0.29) is 22.7 Å². The topological polar surface area (TPSA) is 128 Å². The van der Waals surface area contributed by atoms with Crippen LogP contribution in [0.1, 0.15) is 25.0 Å². The predicted molar refractivity (Wildman–Crippen MR) is 121 cm³/mol. The Labute approximate surface area is 187 Å². The van der Waals surface area contributed by atoms with Crippen molar-refractivity contribution >= 4 is 33.8 Å². The molecule has 2 rings (SSSR count). The zero-order valence-corrected chi connectivity index (χ0v) is 19.0. The number of alkyl carbamates (subject to hydrolysis) is 1. The van der Waals surface area contributed by atoms with Gasteiger partial charge in [-0.1, -0.05) is 56.3 Å². The highest BCUT2D eigenvalue weighted by Gasteiger charge is 2.23. The standard InChI is InChI=1S/C21H27N3O5S2/c1-15(2)30-20(24-21(26)29-14-17-6-4-3-5-7-17)19(25)23-13-12-16-8-10-18(11-9-16)31(22,27)28/h3-11,15,20H,12-14H2,1-2H3,(H,23,25)(H,24,26)(H2,22,27,28). The van der Waals surface area contributed by atoms with Gasteiger partial charge in [0.2, 0.25) is 10.0 Å². The maximum absolute atomic E-state index is 12.6. The van der Waals surface area contributed by atoms with E-state index in [0.29, 0.717) is 13.0 Å². The molecule has 0 fully saturated rings. The largest absolute Gasteiger partial charge is 0.445 e. The number of ether oxygens (including phenoxy) is 1. The summed E-state index contributed by atoms with van der Waals surface area (Å²) in [5.41, 5.74) is 1.69. The van der Waals surface area contributed by atoms with Crippen LogP contribution in [-0.4, -0.2) is 37.6 Å². The minimum atomic E-state index is -3.74. The molecule has 4 N–H and O–H groups in total. The van der Waals surface area contributed by atoms with Crippen LogP contribution in [0, 0.1) is 0 Å². The second kappa shape index (κ2) is 11.7. The van der Waals surface area contributed by atoms with Gasteiger partial charge in [0.1, 0.15) is 6.61 Å². The molecule has 0 aromatic heterocycles. The number of amides is 2. The Morgan fingerprint density at radius 3 is 2.26 bits per heavy atom. The van der Waals surface area contributed by atoms with E-state index in [4.69, 9.17) is 9.88 Å². The molecule has 0 bridgehead atoms. The minimum absolute atomic E-state index is 0.0342. The number of hydrogen-bond donors (Lipinski definition) is 3. The molecule has 0 aliphatic carbocycles. The Morgan fingerprint density at radius 2 is 1.68 bits per heavy atom. The first-order valence-corrected chi connectivity index (χ1v) is 12.2. The van der Waals surface area contributed by atoms with Crippen molar-refractivity contribution in [3.63, 3.8) is 0 Å². The molecule has 10 heteroatoms. The Balaban J connectivity index is 1.85. The van der Waals surface area contributed by atoms with E-state index < -0.39 is 21.5 Å². The van der Waals surface area contributed by atoms with E-state index >= 15 is 0 Å². The normalized spacial score (nSPS) is 12.3. The highest BCUT2D eigenvalue weighted by molar-refractivity contribution is 8.01. The Bertz CT molecular complexity index is 964. The minimum Gasteiger partial charge on any atom is -0.445 e. The summed E-state index contributed by atoms with van der Waals surface area (Å²) >= 11 is 1.30. The molecule has 2 amide bonds. The summed E-state index contributed by atoms with van der Waals surface area (Å²) in [4.78, 5) is 24.7. The van der Waals surface area contributed by atoms with Crippen molar-refractivity contribution in [3.05, 3.63) is 65.7 Å². The van der Waals surface area contributed by atoms with Crippen LogP contribution in [0.5, 0.6) is 0 Å². The Kier molecular flexibility index (Phi) is 9.35. The van der Waals surface area contributed by atoms with Gasteiger partial charge in [0.15, 0.2) is 5.37 Å². The fourth-order valence-electron chi connectivity index (χ4n) is 2.57. The van der Waals surface area contributed by atoms with Gasteiger partial charge < -0.3 is 15.4 Å². The molecule has 0 saturated heterocycles. The molecular weight excluding hydrogens is 438 g/mol. The molecular formula is C21H27N3O5S2. The molecule has 2 aromatic rings. The smallest absolute Gasteiger partial charge is 0.408 e. The summed E-state index contributed by atoms with van der Waals surface area (Å²) in [6.45, 7) is 4.29. The van der Waals surface area contributed by atoms with Crippen LogP contribution < -0.4 is 15.8 Å². The van der Waals surface area contributed by atoms with Crippen molar-refractivity contribution in [1.29, 1.82) is 0 Å². The number of hydrogen-bond acceptors (Lipinski definition) is 6. The monoisotopic (exact) mass is 465 g/mol. The predicted octanol–water partition coefficient (Wildman–Crippen LogP) is 2.39. The van der Waals surface area contributed by atoms with Gasteiger partial charge >= 0.3 is 6.09 Å².